The average Bonchev–Trinajstić information content (AvgIpc) is 3.08. The van der Waals surface area contributed by atoms with Gasteiger partial charge in [0.05, 0.1) is 18.0 Å². The maximum Gasteiger partial charge on any atom is 0.251 e. The zero-order valence-corrected chi connectivity index (χ0v) is 18.5. The number of rotatable bonds is 7. The van der Waals surface area contributed by atoms with Crippen molar-refractivity contribution < 1.29 is 17.9 Å². The van der Waals surface area contributed by atoms with Crippen molar-refractivity contribution in [2.45, 2.75) is 50.0 Å². The molecule has 1 atom stereocenters. The number of hydrogen-bond donors (Lipinski definition) is 1. The van der Waals surface area contributed by atoms with E-state index in [9.17, 15) is 13.2 Å². The van der Waals surface area contributed by atoms with E-state index < -0.39 is 10.0 Å². The zero-order chi connectivity index (χ0) is 21.6. The molecule has 2 aromatic rings. The lowest BCUT2D eigenvalue weighted by Gasteiger charge is -2.21. The maximum atomic E-state index is 13.1. The number of benzene rings is 2. The van der Waals surface area contributed by atoms with Gasteiger partial charge in [-0.25, -0.2) is 8.42 Å². The van der Waals surface area contributed by atoms with Gasteiger partial charge < -0.3 is 10.1 Å². The number of sulfonamides is 1. The van der Waals surface area contributed by atoms with Crippen LogP contribution < -0.4 is 10.1 Å². The summed E-state index contributed by atoms with van der Waals surface area (Å²) in [6, 6.07) is 13.7. The summed E-state index contributed by atoms with van der Waals surface area (Å²) in [7, 11) is -1.98. The number of nitrogens with zero attached hydrogens (tertiary/aromatic N) is 1. The Labute approximate surface area is 179 Å². The first kappa shape index (κ1) is 22.3. The Morgan fingerprint density at radius 3 is 2.33 bits per heavy atom. The lowest BCUT2D eigenvalue weighted by molar-refractivity contribution is 0.0935. The molecule has 0 radical (unpaired) electrons. The molecule has 0 aliphatic carbocycles. The number of nitrogens with one attached hydrogen (secondary N) is 1. The van der Waals surface area contributed by atoms with Crippen LogP contribution in [0.4, 0.5) is 0 Å². The van der Waals surface area contributed by atoms with Crippen molar-refractivity contribution in [2.75, 3.05) is 20.2 Å². The van der Waals surface area contributed by atoms with Crippen molar-refractivity contribution in [3.63, 3.8) is 0 Å². The van der Waals surface area contributed by atoms with Crippen molar-refractivity contribution in [3.8, 4) is 5.75 Å². The molecule has 6 nitrogen and oxygen atoms in total. The van der Waals surface area contributed by atoms with E-state index in [-0.39, 0.29) is 16.8 Å². The van der Waals surface area contributed by atoms with Gasteiger partial charge in [0.25, 0.3) is 5.91 Å². The molecule has 7 heteroatoms. The first-order chi connectivity index (χ1) is 14.5. The van der Waals surface area contributed by atoms with Crippen LogP contribution >= 0.6 is 0 Å². The highest BCUT2D eigenvalue weighted by molar-refractivity contribution is 7.89. The molecule has 3 rings (SSSR count). The van der Waals surface area contributed by atoms with Crippen LogP contribution in [0.5, 0.6) is 5.75 Å². The fraction of sp³-hybridized carbons (Fsp3) is 0.435. The van der Waals surface area contributed by atoms with Crippen LogP contribution in [0.1, 0.15) is 61.0 Å². The topological polar surface area (TPSA) is 75.7 Å². The summed E-state index contributed by atoms with van der Waals surface area (Å²) in [5.41, 5.74) is 1.32. The van der Waals surface area contributed by atoms with Crippen molar-refractivity contribution in [2.24, 2.45) is 0 Å². The van der Waals surface area contributed by atoms with Gasteiger partial charge >= 0.3 is 0 Å². The highest BCUT2D eigenvalue weighted by Gasteiger charge is 2.26. The first-order valence-electron chi connectivity index (χ1n) is 10.5. The van der Waals surface area contributed by atoms with Crippen molar-refractivity contribution in [1.82, 2.24) is 9.62 Å². The number of amides is 1. The van der Waals surface area contributed by atoms with Gasteiger partial charge in [-0.1, -0.05) is 38.0 Å². The molecular weight excluding hydrogens is 400 g/mol. The minimum absolute atomic E-state index is 0.172. The first-order valence-corrected chi connectivity index (χ1v) is 11.9. The summed E-state index contributed by atoms with van der Waals surface area (Å²) >= 11 is 0. The van der Waals surface area contributed by atoms with E-state index in [4.69, 9.17) is 4.74 Å². The van der Waals surface area contributed by atoms with Gasteiger partial charge in [0.1, 0.15) is 5.75 Å². The van der Waals surface area contributed by atoms with Crippen LogP contribution in [0.15, 0.2) is 53.4 Å². The lowest BCUT2D eigenvalue weighted by atomic mass is 10.0. The van der Waals surface area contributed by atoms with E-state index in [0.29, 0.717) is 25.1 Å². The second-order valence-electron chi connectivity index (χ2n) is 7.55. The van der Waals surface area contributed by atoms with Crippen LogP contribution in [0.3, 0.4) is 0 Å². The number of methoxy groups -OCH3 is 1. The summed E-state index contributed by atoms with van der Waals surface area (Å²) < 4.78 is 32.8. The van der Waals surface area contributed by atoms with Crippen LogP contribution in [0, 0.1) is 0 Å². The third-order valence-electron chi connectivity index (χ3n) is 5.53. The predicted molar refractivity (Wildman–Crippen MR) is 117 cm³/mol. The van der Waals surface area contributed by atoms with Gasteiger partial charge in [-0.2, -0.15) is 4.31 Å². The third kappa shape index (κ3) is 5.21. The Bertz CT molecular complexity index is 949. The van der Waals surface area contributed by atoms with Gasteiger partial charge in [0.2, 0.25) is 10.0 Å². The Balaban J connectivity index is 1.77. The molecule has 30 heavy (non-hydrogen) atoms. The predicted octanol–water partition coefficient (Wildman–Crippen LogP) is 4.14. The molecular formula is C23H30N2O4S. The van der Waals surface area contributed by atoms with Crippen LogP contribution in [0.2, 0.25) is 0 Å². The molecule has 0 saturated carbocycles. The van der Waals surface area contributed by atoms with E-state index in [2.05, 4.69) is 5.32 Å². The standard InChI is InChI=1S/C23H30N2O4S/c1-3-22(18-11-13-20(29-2)14-12-18)24-23(26)19-9-8-10-21(17-19)30(27,28)25-15-6-4-5-7-16-25/h8-14,17,22H,3-7,15-16H2,1-2H3,(H,24,26). The highest BCUT2D eigenvalue weighted by atomic mass is 32.2. The Hall–Kier alpha value is -2.38. The molecule has 1 aliphatic rings. The molecule has 0 aromatic heterocycles. The minimum Gasteiger partial charge on any atom is -0.497 e. The van der Waals surface area contributed by atoms with Gasteiger partial charge in [-0.05, 0) is 55.2 Å². The van der Waals surface area contributed by atoms with E-state index in [0.717, 1.165) is 37.0 Å². The number of carbonyl (C=O) groups is 1. The normalized spacial score (nSPS) is 16.5. The molecule has 1 aliphatic heterocycles. The second-order valence-corrected chi connectivity index (χ2v) is 9.49. The summed E-state index contributed by atoms with van der Waals surface area (Å²) in [5, 5.41) is 3.02. The summed E-state index contributed by atoms with van der Waals surface area (Å²) in [6.45, 7) is 3.07. The fourth-order valence-electron chi connectivity index (χ4n) is 3.73. The fourth-order valence-corrected chi connectivity index (χ4v) is 5.29. The van der Waals surface area contributed by atoms with E-state index in [1.54, 1.807) is 29.6 Å². The molecule has 2 aromatic carbocycles. The Morgan fingerprint density at radius 1 is 1.07 bits per heavy atom. The SMILES string of the molecule is CCC(NC(=O)c1cccc(S(=O)(=O)N2CCCCCC2)c1)c1ccc(OC)cc1. The van der Waals surface area contributed by atoms with Crippen LogP contribution in [-0.2, 0) is 10.0 Å². The zero-order valence-electron chi connectivity index (χ0n) is 17.6. The average molecular weight is 431 g/mol. The summed E-state index contributed by atoms with van der Waals surface area (Å²) in [5.74, 6) is 0.469. The van der Waals surface area contributed by atoms with Gasteiger partial charge in [0.15, 0.2) is 0 Å². The Kier molecular flexibility index (Phi) is 7.50. The number of ether oxygens (including phenoxy) is 1. The molecule has 0 spiro atoms. The van der Waals surface area contributed by atoms with Crippen LogP contribution in [0.25, 0.3) is 0 Å². The quantitative estimate of drug-likeness (QED) is 0.716. The van der Waals surface area contributed by atoms with Crippen LogP contribution in [-0.4, -0.2) is 38.8 Å². The number of hydrogen-bond acceptors (Lipinski definition) is 4. The molecule has 1 fully saturated rings. The highest BCUT2D eigenvalue weighted by Crippen LogP contribution is 2.23. The van der Waals surface area contributed by atoms with Gasteiger partial charge in [-0.3, -0.25) is 4.79 Å². The summed E-state index contributed by atoms with van der Waals surface area (Å²) in [6.07, 6.45) is 4.57. The van der Waals surface area contributed by atoms with Gasteiger partial charge in [-0.15, -0.1) is 0 Å². The van der Waals surface area contributed by atoms with E-state index in [1.807, 2.05) is 31.2 Å². The number of carbonyl (C=O) groups excluding carboxylic acids is 1. The monoisotopic (exact) mass is 430 g/mol. The molecule has 1 N–H and O–H groups in total. The molecule has 1 heterocycles. The van der Waals surface area contributed by atoms with Gasteiger partial charge in [0, 0.05) is 18.7 Å². The molecule has 1 amide bonds. The smallest absolute Gasteiger partial charge is 0.251 e. The van der Waals surface area contributed by atoms with E-state index >= 15 is 0 Å². The minimum atomic E-state index is -3.60. The second kappa shape index (κ2) is 10.1. The van der Waals surface area contributed by atoms with Crippen molar-refractivity contribution in [3.05, 3.63) is 59.7 Å². The van der Waals surface area contributed by atoms with E-state index in [1.165, 1.54) is 6.07 Å². The molecule has 1 unspecified atom stereocenters. The molecule has 162 valence electrons. The Morgan fingerprint density at radius 2 is 1.73 bits per heavy atom. The largest absolute Gasteiger partial charge is 0.497 e. The maximum absolute atomic E-state index is 13.1. The third-order valence-corrected chi connectivity index (χ3v) is 7.43. The lowest BCUT2D eigenvalue weighted by Crippen LogP contribution is -2.32. The summed E-state index contributed by atoms with van der Waals surface area (Å²) in [4.78, 5) is 13.1. The van der Waals surface area contributed by atoms with Crippen molar-refractivity contribution in [1.29, 1.82) is 0 Å². The molecule has 0 bridgehead atoms. The molecule has 1 saturated heterocycles. The van der Waals surface area contributed by atoms with Crippen molar-refractivity contribution >= 4 is 15.9 Å².